The van der Waals surface area contributed by atoms with Crippen molar-refractivity contribution in [1.82, 2.24) is 9.88 Å². The molecule has 0 bridgehead atoms. The van der Waals surface area contributed by atoms with Gasteiger partial charge in [0.25, 0.3) is 5.91 Å². The minimum atomic E-state index is -0.995. The number of aromatic nitrogens is 1. The van der Waals surface area contributed by atoms with Crippen molar-refractivity contribution in [3.8, 4) is 11.8 Å². The lowest BCUT2D eigenvalue weighted by atomic mass is 9.87. The standard InChI is InChI=1S/C21H24N4O2/c1-13-10-15(11-16(12-22)19(26)24-20(23)27)14(2)25(13)18-8-6-17(7-9-18)21(3,4)5/h6-11H,1-5H3,(H3,23,24,26,27)/b16-11-. The number of benzene rings is 1. The van der Waals surface area contributed by atoms with Crippen LogP contribution < -0.4 is 11.1 Å². The average Bonchev–Trinajstić information content (AvgIpc) is 2.85. The van der Waals surface area contributed by atoms with Crippen LogP contribution in [0, 0.1) is 25.2 Å². The van der Waals surface area contributed by atoms with Crippen LogP contribution in [0.4, 0.5) is 4.79 Å². The molecule has 1 aromatic heterocycles. The molecule has 27 heavy (non-hydrogen) atoms. The minimum Gasteiger partial charge on any atom is -0.351 e. The SMILES string of the molecule is Cc1cc(/C=C(/C#N)C(=O)NC(N)=O)c(C)n1-c1ccc(C(C)(C)C)cc1. The third-order valence-corrected chi connectivity index (χ3v) is 4.36. The number of nitrogens with two attached hydrogens (primary N) is 1. The van der Waals surface area contributed by atoms with Crippen molar-refractivity contribution in [3.05, 3.63) is 58.4 Å². The number of hydrogen-bond donors (Lipinski definition) is 2. The molecule has 1 aromatic carbocycles. The second kappa shape index (κ2) is 7.50. The Labute approximate surface area is 159 Å². The van der Waals surface area contributed by atoms with Gasteiger partial charge in [-0.25, -0.2) is 4.79 Å². The zero-order valence-corrected chi connectivity index (χ0v) is 16.3. The van der Waals surface area contributed by atoms with E-state index in [1.807, 2.05) is 31.3 Å². The number of nitrogens with one attached hydrogen (secondary N) is 1. The molecule has 2 aromatic rings. The van der Waals surface area contributed by atoms with Crippen LogP contribution in [0.3, 0.4) is 0 Å². The van der Waals surface area contributed by atoms with Gasteiger partial charge in [0, 0.05) is 17.1 Å². The first-order valence-corrected chi connectivity index (χ1v) is 8.57. The maximum atomic E-state index is 11.9. The van der Waals surface area contributed by atoms with Crippen molar-refractivity contribution in [1.29, 1.82) is 5.26 Å². The molecule has 6 nitrogen and oxygen atoms in total. The number of carbonyl (C=O) groups excluding carboxylic acids is 2. The van der Waals surface area contributed by atoms with Crippen LogP contribution in [0.25, 0.3) is 11.8 Å². The summed E-state index contributed by atoms with van der Waals surface area (Å²) in [6, 6.07) is 11.0. The minimum absolute atomic E-state index is 0.0721. The number of amides is 3. The molecule has 0 fully saturated rings. The Kier molecular flexibility index (Phi) is 5.55. The Hall–Kier alpha value is -3.33. The molecule has 0 saturated heterocycles. The van der Waals surface area contributed by atoms with Crippen LogP contribution in [0.15, 0.2) is 35.9 Å². The third-order valence-electron chi connectivity index (χ3n) is 4.36. The monoisotopic (exact) mass is 364 g/mol. The van der Waals surface area contributed by atoms with Crippen LogP contribution >= 0.6 is 0 Å². The summed E-state index contributed by atoms with van der Waals surface area (Å²) in [6.07, 6.45) is 1.46. The summed E-state index contributed by atoms with van der Waals surface area (Å²) in [4.78, 5) is 22.7. The van der Waals surface area contributed by atoms with E-state index < -0.39 is 11.9 Å². The molecule has 0 aliphatic heterocycles. The van der Waals surface area contributed by atoms with Gasteiger partial charge in [0.05, 0.1) is 0 Å². The average molecular weight is 364 g/mol. The lowest BCUT2D eigenvalue weighted by Gasteiger charge is -2.20. The smallest absolute Gasteiger partial charge is 0.319 e. The van der Waals surface area contributed by atoms with Crippen molar-refractivity contribution >= 4 is 18.0 Å². The van der Waals surface area contributed by atoms with Gasteiger partial charge in [-0.2, -0.15) is 5.26 Å². The second-order valence-electron chi connectivity index (χ2n) is 7.45. The molecule has 3 amide bonds. The van der Waals surface area contributed by atoms with E-state index in [1.165, 1.54) is 11.6 Å². The van der Waals surface area contributed by atoms with Gasteiger partial charge in [-0.05, 0) is 54.7 Å². The second-order valence-corrected chi connectivity index (χ2v) is 7.45. The topological polar surface area (TPSA) is 101 Å². The molecule has 140 valence electrons. The van der Waals surface area contributed by atoms with Gasteiger partial charge in [0.15, 0.2) is 0 Å². The molecule has 0 atom stereocenters. The number of urea groups is 1. The maximum absolute atomic E-state index is 11.9. The predicted octanol–water partition coefficient (Wildman–Crippen LogP) is 3.49. The summed E-state index contributed by atoms with van der Waals surface area (Å²) < 4.78 is 2.05. The Morgan fingerprint density at radius 3 is 2.26 bits per heavy atom. The molecule has 0 unspecified atom stereocenters. The fraction of sp³-hybridized carbons (Fsp3) is 0.286. The Morgan fingerprint density at radius 1 is 1.19 bits per heavy atom. The van der Waals surface area contributed by atoms with Gasteiger partial charge in [0.2, 0.25) is 0 Å². The number of nitriles is 1. The summed E-state index contributed by atoms with van der Waals surface area (Å²) in [6.45, 7) is 10.4. The lowest BCUT2D eigenvalue weighted by Crippen LogP contribution is -2.35. The van der Waals surface area contributed by atoms with Gasteiger partial charge in [-0.3, -0.25) is 10.1 Å². The first-order chi connectivity index (χ1) is 12.5. The van der Waals surface area contributed by atoms with Crippen molar-refractivity contribution in [2.24, 2.45) is 5.73 Å². The highest BCUT2D eigenvalue weighted by atomic mass is 16.2. The van der Waals surface area contributed by atoms with Crippen LogP contribution in [-0.4, -0.2) is 16.5 Å². The van der Waals surface area contributed by atoms with E-state index in [9.17, 15) is 14.9 Å². The summed E-state index contributed by atoms with van der Waals surface area (Å²) in [5, 5.41) is 11.1. The normalized spacial score (nSPS) is 11.8. The highest BCUT2D eigenvalue weighted by Crippen LogP contribution is 2.26. The molecule has 0 spiro atoms. The summed E-state index contributed by atoms with van der Waals surface area (Å²) in [7, 11) is 0. The van der Waals surface area contributed by atoms with E-state index >= 15 is 0 Å². The Bertz CT molecular complexity index is 952. The number of nitrogens with zero attached hydrogens (tertiary/aromatic N) is 2. The number of hydrogen-bond acceptors (Lipinski definition) is 3. The maximum Gasteiger partial charge on any atom is 0.319 e. The molecule has 1 heterocycles. The fourth-order valence-corrected chi connectivity index (χ4v) is 2.92. The zero-order chi connectivity index (χ0) is 20.4. The number of aryl methyl sites for hydroxylation is 1. The Morgan fingerprint density at radius 2 is 1.78 bits per heavy atom. The molecule has 0 aliphatic rings. The van der Waals surface area contributed by atoms with E-state index in [0.29, 0.717) is 0 Å². The molecule has 0 saturated carbocycles. The molecule has 0 aliphatic carbocycles. The first-order valence-electron chi connectivity index (χ1n) is 8.57. The van der Waals surface area contributed by atoms with Gasteiger partial charge in [-0.15, -0.1) is 0 Å². The number of carbonyl (C=O) groups is 2. The first kappa shape index (κ1) is 20.0. The van der Waals surface area contributed by atoms with Crippen LogP contribution in [0.2, 0.25) is 0 Å². The fourth-order valence-electron chi connectivity index (χ4n) is 2.92. The third kappa shape index (κ3) is 4.45. The molecule has 2 rings (SSSR count). The highest BCUT2D eigenvalue weighted by molar-refractivity contribution is 6.08. The highest BCUT2D eigenvalue weighted by Gasteiger charge is 2.16. The summed E-state index contributed by atoms with van der Waals surface area (Å²) in [5.74, 6) is -0.815. The van der Waals surface area contributed by atoms with Crippen LogP contribution in [0.5, 0.6) is 0 Å². The van der Waals surface area contributed by atoms with E-state index in [2.05, 4.69) is 49.6 Å². The van der Waals surface area contributed by atoms with Crippen molar-refractivity contribution in [3.63, 3.8) is 0 Å². The zero-order valence-electron chi connectivity index (χ0n) is 16.3. The quantitative estimate of drug-likeness (QED) is 0.644. The van der Waals surface area contributed by atoms with Crippen LogP contribution in [0.1, 0.15) is 43.3 Å². The molecule has 0 radical (unpaired) electrons. The largest absolute Gasteiger partial charge is 0.351 e. The van der Waals surface area contributed by atoms with E-state index in [1.54, 1.807) is 0 Å². The summed E-state index contributed by atoms with van der Waals surface area (Å²) in [5.41, 5.74) is 9.65. The predicted molar refractivity (Wildman–Crippen MR) is 105 cm³/mol. The molecule has 3 N–H and O–H groups in total. The van der Waals surface area contributed by atoms with Gasteiger partial charge in [-0.1, -0.05) is 32.9 Å². The van der Waals surface area contributed by atoms with E-state index in [0.717, 1.165) is 22.6 Å². The van der Waals surface area contributed by atoms with Crippen molar-refractivity contribution in [2.45, 2.75) is 40.0 Å². The van der Waals surface area contributed by atoms with Crippen molar-refractivity contribution in [2.75, 3.05) is 0 Å². The molecular weight excluding hydrogens is 340 g/mol. The van der Waals surface area contributed by atoms with E-state index in [-0.39, 0.29) is 11.0 Å². The van der Waals surface area contributed by atoms with Gasteiger partial charge < -0.3 is 10.3 Å². The van der Waals surface area contributed by atoms with Crippen LogP contribution in [-0.2, 0) is 10.2 Å². The number of imide groups is 1. The molecular formula is C21H24N4O2. The Balaban J connectivity index is 2.45. The molecule has 6 heteroatoms. The number of rotatable bonds is 3. The number of primary amides is 1. The van der Waals surface area contributed by atoms with Crippen molar-refractivity contribution < 1.29 is 9.59 Å². The van der Waals surface area contributed by atoms with Gasteiger partial charge >= 0.3 is 6.03 Å². The van der Waals surface area contributed by atoms with Gasteiger partial charge in [0.1, 0.15) is 11.6 Å². The summed E-state index contributed by atoms with van der Waals surface area (Å²) >= 11 is 0. The van der Waals surface area contributed by atoms with E-state index in [4.69, 9.17) is 5.73 Å². The lowest BCUT2D eigenvalue weighted by molar-refractivity contribution is -0.115.